The molecule has 7 aromatic rings. The zero-order valence-electron chi connectivity index (χ0n) is 27.5. The third kappa shape index (κ3) is 5.63. The highest BCUT2D eigenvalue weighted by Crippen LogP contribution is 2.39. The summed E-state index contributed by atoms with van der Waals surface area (Å²) in [6.07, 6.45) is 3.46. The van der Waals surface area contributed by atoms with E-state index in [1.54, 1.807) is 36.4 Å². The first-order chi connectivity index (χ1) is 24.3. The standard InChI is InChI=1S/C34H28N6O8S2/c1-43-21-11-17(12-22(44-2)27(21)47-5)15-25-31(41)39-33(49-25)35-29(37-39)19-7-9-20(10-8-19)30-36-34-40(38-30)32(42)26(50-34)16-18-13-23(45-3)28(48-6)24(14-18)46-4/h7-16H,1-6H3/b25-15+,26-16+. The number of ether oxygens (including phenoxy) is 6. The minimum Gasteiger partial charge on any atom is -0.493 e. The number of aromatic nitrogens is 6. The van der Waals surface area contributed by atoms with Crippen molar-refractivity contribution in [3.05, 3.63) is 89.4 Å². The molecule has 0 aliphatic heterocycles. The molecule has 4 aromatic heterocycles. The molecule has 0 saturated carbocycles. The van der Waals surface area contributed by atoms with E-state index < -0.39 is 0 Å². The van der Waals surface area contributed by atoms with Crippen LogP contribution in [-0.2, 0) is 0 Å². The molecule has 7 rings (SSSR count). The summed E-state index contributed by atoms with van der Waals surface area (Å²) in [7, 11) is 9.19. The van der Waals surface area contributed by atoms with Crippen molar-refractivity contribution in [3.63, 3.8) is 0 Å². The topological polar surface area (TPSA) is 150 Å². The minimum absolute atomic E-state index is 0.299. The summed E-state index contributed by atoms with van der Waals surface area (Å²) in [6, 6.07) is 14.3. The maximum absolute atomic E-state index is 13.2. The molecule has 0 atom stereocenters. The Morgan fingerprint density at radius 2 is 0.880 bits per heavy atom. The molecular weight excluding hydrogens is 685 g/mol. The molecule has 50 heavy (non-hydrogen) atoms. The third-order valence-corrected chi connectivity index (χ3v) is 9.65. The fourth-order valence-corrected chi connectivity index (χ4v) is 7.17. The molecule has 254 valence electrons. The van der Waals surface area contributed by atoms with Gasteiger partial charge in [-0.3, -0.25) is 9.59 Å². The molecule has 14 nitrogen and oxygen atoms in total. The summed E-state index contributed by atoms with van der Waals surface area (Å²) >= 11 is 2.44. The molecule has 16 heteroatoms. The molecule has 0 N–H and O–H groups in total. The van der Waals surface area contributed by atoms with Crippen LogP contribution in [0.1, 0.15) is 11.1 Å². The smallest absolute Gasteiger partial charge is 0.291 e. The van der Waals surface area contributed by atoms with E-state index in [-0.39, 0.29) is 11.1 Å². The maximum atomic E-state index is 13.2. The highest BCUT2D eigenvalue weighted by Gasteiger charge is 2.17. The van der Waals surface area contributed by atoms with Gasteiger partial charge in [0.05, 0.1) is 51.7 Å². The van der Waals surface area contributed by atoms with Gasteiger partial charge in [0.15, 0.2) is 34.6 Å². The van der Waals surface area contributed by atoms with Crippen LogP contribution in [0.5, 0.6) is 34.5 Å². The molecule has 0 fully saturated rings. The van der Waals surface area contributed by atoms with Gasteiger partial charge in [0.25, 0.3) is 11.1 Å². The normalized spacial score (nSPS) is 12.2. The monoisotopic (exact) mass is 712 g/mol. The average molecular weight is 713 g/mol. The van der Waals surface area contributed by atoms with Gasteiger partial charge in [-0.15, -0.1) is 10.2 Å². The van der Waals surface area contributed by atoms with Crippen LogP contribution < -0.4 is 48.6 Å². The van der Waals surface area contributed by atoms with Gasteiger partial charge >= 0.3 is 0 Å². The molecular formula is C34H28N6O8S2. The second-order valence-corrected chi connectivity index (χ2v) is 12.6. The van der Waals surface area contributed by atoms with E-state index in [1.165, 1.54) is 74.4 Å². The van der Waals surface area contributed by atoms with Gasteiger partial charge < -0.3 is 28.4 Å². The van der Waals surface area contributed by atoms with Crippen LogP contribution in [-0.4, -0.2) is 71.9 Å². The fourth-order valence-electron chi connectivity index (χ4n) is 5.35. The van der Waals surface area contributed by atoms with E-state index >= 15 is 0 Å². The van der Waals surface area contributed by atoms with Crippen molar-refractivity contribution in [1.29, 1.82) is 0 Å². The Morgan fingerprint density at radius 3 is 1.16 bits per heavy atom. The molecule has 3 aromatic carbocycles. The lowest BCUT2D eigenvalue weighted by Crippen LogP contribution is -2.23. The summed E-state index contributed by atoms with van der Waals surface area (Å²) in [5, 5.41) is 8.94. The molecule has 0 amide bonds. The fraction of sp³-hybridized carbons (Fsp3) is 0.176. The van der Waals surface area contributed by atoms with Crippen LogP contribution in [0.3, 0.4) is 0 Å². The summed E-state index contributed by atoms with van der Waals surface area (Å²) in [4.78, 5) is 36.6. The quantitative estimate of drug-likeness (QED) is 0.205. The van der Waals surface area contributed by atoms with Crippen LogP contribution in [0.2, 0.25) is 0 Å². The molecule has 0 bridgehead atoms. The van der Waals surface area contributed by atoms with Crippen molar-refractivity contribution in [2.45, 2.75) is 0 Å². The SMILES string of the molecule is COc1cc(/C=c2/sc3nc(-c4ccc(-c5nc6s/c(=C/c7cc(OC)c(OC)c(OC)c7)c(=O)n6n5)cc4)nn3c2=O)cc(OC)c1OC. The van der Waals surface area contributed by atoms with Crippen molar-refractivity contribution < 1.29 is 28.4 Å². The first kappa shape index (κ1) is 32.5. The lowest BCUT2D eigenvalue weighted by atomic mass is 10.1. The van der Waals surface area contributed by atoms with Crippen LogP contribution in [0, 0.1) is 0 Å². The van der Waals surface area contributed by atoms with E-state index in [4.69, 9.17) is 28.4 Å². The van der Waals surface area contributed by atoms with Gasteiger partial charge in [-0.25, -0.2) is 0 Å². The van der Waals surface area contributed by atoms with E-state index in [9.17, 15) is 9.59 Å². The summed E-state index contributed by atoms with van der Waals surface area (Å²) in [5.41, 5.74) is 2.20. The molecule has 0 aliphatic carbocycles. The van der Waals surface area contributed by atoms with Crippen LogP contribution in [0.4, 0.5) is 0 Å². The number of hydrogen-bond donors (Lipinski definition) is 0. The predicted octanol–water partition coefficient (Wildman–Crippen LogP) is 3.10. The second kappa shape index (κ2) is 13.1. The molecule has 0 unspecified atom stereocenters. The number of thiazole rings is 2. The average Bonchev–Trinajstić information content (AvgIpc) is 3.89. The predicted molar refractivity (Wildman–Crippen MR) is 188 cm³/mol. The number of methoxy groups -OCH3 is 6. The number of hydrogen-bond acceptors (Lipinski definition) is 14. The number of fused-ring (bicyclic) bond motifs is 2. The van der Waals surface area contributed by atoms with E-state index in [0.717, 1.165) is 0 Å². The van der Waals surface area contributed by atoms with Gasteiger partial charge in [-0.1, -0.05) is 46.9 Å². The van der Waals surface area contributed by atoms with Gasteiger partial charge in [0.2, 0.25) is 21.4 Å². The van der Waals surface area contributed by atoms with Gasteiger partial charge in [0, 0.05) is 11.1 Å². The Bertz CT molecular complexity index is 2400. The van der Waals surface area contributed by atoms with Crippen LogP contribution >= 0.6 is 22.7 Å². The lowest BCUT2D eigenvalue weighted by Gasteiger charge is -2.12. The molecule has 0 saturated heterocycles. The Labute approximate surface area is 291 Å². The Balaban J connectivity index is 1.15. The zero-order chi connectivity index (χ0) is 35.1. The highest BCUT2D eigenvalue weighted by molar-refractivity contribution is 7.15. The summed E-state index contributed by atoms with van der Waals surface area (Å²) < 4.78 is 36.0. The minimum atomic E-state index is -0.299. The van der Waals surface area contributed by atoms with Gasteiger partial charge in [-0.2, -0.15) is 19.0 Å². The van der Waals surface area contributed by atoms with E-state index in [1.807, 2.05) is 24.3 Å². The van der Waals surface area contributed by atoms with Crippen molar-refractivity contribution in [2.75, 3.05) is 42.7 Å². The van der Waals surface area contributed by atoms with Crippen LogP contribution in [0.15, 0.2) is 58.1 Å². The molecule has 0 spiro atoms. The summed E-state index contributed by atoms with van der Waals surface area (Å²) in [6.45, 7) is 0. The largest absolute Gasteiger partial charge is 0.493 e. The van der Waals surface area contributed by atoms with Crippen molar-refractivity contribution in [3.8, 4) is 57.3 Å². The Morgan fingerprint density at radius 1 is 0.540 bits per heavy atom. The number of benzene rings is 3. The lowest BCUT2D eigenvalue weighted by molar-refractivity contribution is 0.324. The third-order valence-electron chi connectivity index (χ3n) is 7.73. The first-order valence-corrected chi connectivity index (χ1v) is 16.5. The first-order valence-electron chi connectivity index (χ1n) is 14.8. The van der Waals surface area contributed by atoms with E-state index in [0.29, 0.717) is 87.4 Å². The van der Waals surface area contributed by atoms with E-state index in [2.05, 4.69) is 20.2 Å². The number of rotatable bonds is 10. The second-order valence-electron chi connectivity index (χ2n) is 10.6. The van der Waals surface area contributed by atoms with Gasteiger partial charge in [-0.05, 0) is 47.5 Å². The number of nitrogens with zero attached hydrogens (tertiary/aromatic N) is 6. The Kier molecular flexibility index (Phi) is 8.55. The zero-order valence-corrected chi connectivity index (χ0v) is 29.2. The maximum Gasteiger partial charge on any atom is 0.291 e. The van der Waals surface area contributed by atoms with Gasteiger partial charge in [0.1, 0.15) is 0 Å². The van der Waals surface area contributed by atoms with Crippen molar-refractivity contribution in [1.82, 2.24) is 29.2 Å². The van der Waals surface area contributed by atoms with Crippen molar-refractivity contribution >= 4 is 44.7 Å². The molecule has 0 aliphatic rings. The van der Waals surface area contributed by atoms with Crippen molar-refractivity contribution in [2.24, 2.45) is 0 Å². The Hall–Kier alpha value is -6.00. The highest BCUT2D eigenvalue weighted by atomic mass is 32.1. The molecule has 4 heterocycles. The van der Waals surface area contributed by atoms with Crippen LogP contribution in [0.25, 0.3) is 44.8 Å². The summed E-state index contributed by atoms with van der Waals surface area (Å²) in [5.74, 6) is 3.62. The molecule has 0 radical (unpaired) electrons.